The van der Waals surface area contributed by atoms with Crippen LogP contribution in [0.25, 0.3) is 0 Å². The Labute approximate surface area is 182 Å². The molecule has 0 aromatic heterocycles. The molecule has 2 atom stereocenters. The van der Waals surface area contributed by atoms with E-state index in [4.69, 9.17) is 28.0 Å². The molecule has 0 amide bonds. The topological polar surface area (TPSA) is 92.7 Å². The van der Waals surface area contributed by atoms with Crippen molar-refractivity contribution in [2.24, 2.45) is 11.8 Å². The lowest BCUT2D eigenvalue weighted by Crippen LogP contribution is -2.25. The van der Waals surface area contributed by atoms with Crippen LogP contribution in [-0.2, 0) is 26.5 Å². The number of methoxy groups -OCH3 is 4. The molecule has 0 saturated carbocycles. The zero-order chi connectivity index (χ0) is 22.4. The Balaban J connectivity index is 1.84. The quantitative estimate of drug-likeness (QED) is 0.604. The summed E-state index contributed by atoms with van der Waals surface area (Å²) in [6, 6.07) is 11.4. The minimum Gasteiger partial charge on any atom is -0.493 e. The van der Waals surface area contributed by atoms with Crippen LogP contribution >= 0.6 is 7.82 Å². The maximum atomic E-state index is 12.1. The summed E-state index contributed by atoms with van der Waals surface area (Å²) < 4.78 is 43.9. The standard InChI is InChI=1S/C22H29O8P/c1-25-19-7-5-15(11-21(19)27-3)9-17-13-29-31(23,24)30-14-18(17)10-16-6-8-20(26-2)22(12-16)28-4/h5-8,11-12,17-18H,9-10,13-14H2,1-4H3,(H,23,24)/t17-,18-/m0/s1. The van der Waals surface area contributed by atoms with Crippen molar-refractivity contribution >= 4 is 7.82 Å². The van der Waals surface area contributed by atoms with Crippen LogP contribution in [0.5, 0.6) is 23.0 Å². The summed E-state index contributed by atoms with van der Waals surface area (Å²) in [5, 5.41) is 0. The summed E-state index contributed by atoms with van der Waals surface area (Å²) >= 11 is 0. The minimum atomic E-state index is -4.06. The minimum absolute atomic E-state index is 0.0471. The van der Waals surface area contributed by atoms with Crippen molar-refractivity contribution in [3.8, 4) is 23.0 Å². The van der Waals surface area contributed by atoms with Crippen molar-refractivity contribution in [2.75, 3.05) is 41.7 Å². The zero-order valence-electron chi connectivity index (χ0n) is 18.2. The number of phosphoric ester groups is 1. The van der Waals surface area contributed by atoms with Crippen molar-refractivity contribution < 1.29 is 37.5 Å². The van der Waals surface area contributed by atoms with E-state index in [0.29, 0.717) is 35.8 Å². The van der Waals surface area contributed by atoms with E-state index in [1.54, 1.807) is 28.4 Å². The van der Waals surface area contributed by atoms with Gasteiger partial charge in [-0.15, -0.1) is 0 Å². The highest BCUT2D eigenvalue weighted by Crippen LogP contribution is 2.48. The fraction of sp³-hybridized carbons (Fsp3) is 0.455. The van der Waals surface area contributed by atoms with Gasteiger partial charge in [0.2, 0.25) is 0 Å². The van der Waals surface area contributed by atoms with Gasteiger partial charge in [-0.3, -0.25) is 9.05 Å². The first-order valence-electron chi connectivity index (χ1n) is 9.92. The van der Waals surface area contributed by atoms with Gasteiger partial charge in [0.15, 0.2) is 23.0 Å². The van der Waals surface area contributed by atoms with Crippen LogP contribution in [0.1, 0.15) is 11.1 Å². The Morgan fingerprint density at radius 1 is 0.774 bits per heavy atom. The molecule has 2 aromatic rings. The first-order valence-corrected chi connectivity index (χ1v) is 11.4. The van der Waals surface area contributed by atoms with Gasteiger partial charge >= 0.3 is 7.82 Å². The van der Waals surface area contributed by atoms with Crippen molar-refractivity contribution in [1.82, 2.24) is 0 Å². The molecule has 0 radical (unpaired) electrons. The molecule has 170 valence electrons. The Hall–Kier alpha value is -2.25. The van der Waals surface area contributed by atoms with E-state index in [0.717, 1.165) is 11.1 Å². The van der Waals surface area contributed by atoms with Gasteiger partial charge < -0.3 is 23.8 Å². The van der Waals surface area contributed by atoms with Gasteiger partial charge in [0.1, 0.15) is 0 Å². The van der Waals surface area contributed by atoms with Crippen LogP contribution in [0.3, 0.4) is 0 Å². The Morgan fingerprint density at radius 3 is 1.52 bits per heavy atom. The molecule has 1 aliphatic heterocycles. The molecule has 1 heterocycles. The van der Waals surface area contributed by atoms with E-state index in [1.165, 1.54) is 0 Å². The third-order valence-corrected chi connectivity index (χ3v) is 6.41. The Bertz CT molecular complexity index is 860. The highest BCUT2D eigenvalue weighted by Gasteiger charge is 2.34. The number of rotatable bonds is 8. The predicted molar refractivity (Wildman–Crippen MR) is 115 cm³/mol. The lowest BCUT2D eigenvalue weighted by Gasteiger charge is -2.24. The van der Waals surface area contributed by atoms with Crippen molar-refractivity contribution in [3.63, 3.8) is 0 Å². The van der Waals surface area contributed by atoms with Gasteiger partial charge in [0.05, 0.1) is 41.7 Å². The number of hydrogen-bond acceptors (Lipinski definition) is 7. The Morgan fingerprint density at radius 2 is 1.16 bits per heavy atom. The number of hydrogen-bond donors (Lipinski definition) is 1. The highest BCUT2D eigenvalue weighted by molar-refractivity contribution is 7.47. The monoisotopic (exact) mass is 452 g/mol. The summed E-state index contributed by atoms with van der Waals surface area (Å²) in [6.45, 7) is 0.222. The molecule has 1 aliphatic rings. The fourth-order valence-corrected chi connectivity index (χ4v) is 4.60. The summed E-state index contributed by atoms with van der Waals surface area (Å²) in [5.74, 6) is 2.47. The Kier molecular flexibility index (Phi) is 7.84. The summed E-state index contributed by atoms with van der Waals surface area (Å²) in [5.41, 5.74) is 2.02. The van der Waals surface area contributed by atoms with E-state index >= 15 is 0 Å². The van der Waals surface area contributed by atoms with Crippen LogP contribution < -0.4 is 18.9 Å². The second kappa shape index (κ2) is 10.4. The van der Waals surface area contributed by atoms with E-state index in [2.05, 4.69) is 0 Å². The molecule has 2 aromatic carbocycles. The second-order valence-corrected chi connectivity index (χ2v) is 8.82. The SMILES string of the molecule is COc1ccc(C[C@H]2COP(=O)(O)OC[C@@H]2Cc2ccc(OC)c(OC)c2)cc1OC. The summed E-state index contributed by atoms with van der Waals surface area (Å²) in [6.07, 6.45) is 1.25. The van der Waals surface area contributed by atoms with Crippen molar-refractivity contribution in [1.29, 1.82) is 0 Å². The zero-order valence-corrected chi connectivity index (χ0v) is 19.1. The second-order valence-electron chi connectivity index (χ2n) is 7.37. The normalized spacial score (nSPS) is 20.5. The molecule has 3 rings (SSSR count). The molecular weight excluding hydrogens is 423 g/mol. The largest absolute Gasteiger partial charge is 0.493 e. The van der Waals surface area contributed by atoms with Gasteiger partial charge in [-0.05, 0) is 60.1 Å². The van der Waals surface area contributed by atoms with Crippen LogP contribution in [0.15, 0.2) is 36.4 Å². The van der Waals surface area contributed by atoms with Gasteiger partial charge in [-0.25, -0.2) is 4.57 Å². The van der Waals surface area contributed by atoms with Crippen LogP contribution in [0.4, 0.5) is 0 Å². The van der Waals surface area contributed by atoms with Gasteiger partial charge in [0.25, 0.3) is 0 Å². The number of benzene rings is 2. The van der Waals surface area contributed by atoms with Crippen LogP contribution in [0.2, 0.25) is 0 Å². The first-order chi connectivity index (χ1) is 14.9. The van der Waals surface area contributed by atoms with Gasteiger partial charge in [-0.1, -0.05) is 12.1 Å². The van der Waals surface area contributed by atoms with Crippen LogP contribution in [0, 0.1) is 11.8 Å². The predicted octanol–water partition coefficient (Wildman–Crippen LogP) is 3.89. The molecule has 8 nitrogen and oxygen atoms in total. The van der Waals surface area contributed by atoms with Crippen LogP contribution in [-0.4, -0.2) is 46.5 Å². The third kappa shape index (κ3) is 5.92. The summed E-state index contributed by atoms with van der Waals surface area (Å²) in [7, 11) is 2.30. The van der Waals surface area contributed by atoms with Gasteiger partial charge in [-0.2, -0.15) is 0 Å². The molecule has 1 fully saturated rings. The molecular formula is C22H29O8P. The average molecular weight is 452 g/mol. The number of ether oxygens (including phenoxy) is 4. The highest BCUT2D eigenvalue weighted by atomic mass is 31.2. The maximum Gasteiger partial charge on any atom is 0.472 e. The summed E-state index contributed by atoms with van der Waals surface area (Å²) in [4.78, 5) is 9.86. The van der Waals surface area contributed by atoms with E-state index in [1.807, 2.05) is 36.4 Å². The van der Waals surface area contributed by atoms with E-state index < -0.39 is 7.82 Å². The molecule has 9 heteroatoms. The molecule has 1 saturated heterocycles. The average Bonchev–Trinajstić information content (AvgIpc) is 2.92. The van der Waals surface area contributed by atoms with E-state index in [-0.39, 0.29) is 25.0 Å². The molecule has 1 N–H and O–H groups in total. The molecule has 0 unspecified atom stereocenters. The van der Waals surface area contributed by atoms with E-state index in [9.17, 15) is 9.46 Å². The smallest absolute Gasteiger partial charge is 0.472 e. The van der Waals surface area contributed by atoms with Gasteiger partial charge in [0, 0.05) is 0 Å². The van der Waals surface area contributed by atoms with Crippen molar-refractivity contribution in [3.05, 3.63) is 47.5 Å². The third-order valence-electron chi connectivity index (χ3n) is 5.46. The molecule has 31 heavy (non-hydrogen) atoms. The molecule has 0 aliphatic carbocycles. The molecule has 0 spiro atoms. The first kappa shape index (κ1) is 23.4. The molecule has 0 bridgehead atoms. The lowest BCUT2D eigenvalue weighted by molar-refractivity contribution is 0.169. The fourth-order valence-electron chi connectivity index (χ4n) is 3.76. The van der Waals surface area contributed by atoms with Crippen molar-refractivity contribution in [2.45, 2.75) is 12.8 Å². The lowest BCUT2D eigenvalue weighted by atomic mass is 9.83. The number of phosphoric acid groups is 1. The maximum absolute atomic E-state index is 12.1.